The van der Waals surface area contributed by atoms with Gasteiger partial charge in [0.15, 0.2) is 5.13 Å². The molecular formula is C19H15N3O4S. The first-order chi connectivity index (χ1) is 13.0. The van der Waals surface area contributed by atoms with Crippen molar-refractivity contribution in [1.29, 1.82) is 0 Å². The summed E-state index contributed by atoms with van der Waals surface area (Å²) in [7, 11) is 0. The molecule has 0 fully saturated rings. The van der Waals surface area contributed by atoms with Crippen LogP contribution in [0.1, 0.15) is 21.5 Å². The van der Waals surface area contributed by atoms with Crippen molar-refractivity contribution in [3.05, 3.63) is 68.6 Å². The van der Waals surface area contributed by atoms with Crippen molar-refractivity contribution in [2.45, 2.75) is 13.3 Å². The molecule has 1 aliphatic heterocycles. The zero-order valence-electron chi connectivity index (χ0n) is 14.4. The van der Waals surface area contributed by atoms with Crippen LogP contribution < -0.4 is 10.1 Å². The standard InChI is InChI=1S/C19H15N3O4S/c1-11-8-14(22(24)25)3-4-15(11)18(23)21-19-20-16(10-27-19)12-2-5-17-13(9-12)6-7-26-17/h2-5,8-10H,6-7H2,1H3,(H,20,21,23). The molecule has 136 valence electrons. The number of rotatable bonds is 4. The second-order valence-electron chi connectivity index (χ2n) is 6.17. The third kappa shape index (κ3) is 3.39. The Bertz CT molecular complexity index is 1060. The Morgan fingerprint density at radius 3 is 2.93 bits per heavy atom. The Kier molecular flexibility index (Phi) is 4.33. The summed E-state index contributed by atoms with van der Waals surface area (Å²) < 4.78 is 5.51. The van der Waals surface area contributed by atoms with E-state index in [2.05, 4.69) is 16.4 Å². The number of ether oxygens (including phenoxy) is 1. The third-order valence-corrected chi connectivity index (χ3v) is 5.13. The molecule has 4 rings (SSSR count). The Balaban J connectivity index is 1.52. The minimum atomic E-state index is -0.483. The van der Waals surface area contributed by atoms with Gasteiger partial charge in [-0.05, 0) is 42.3 Å². The highest BCUT2D eigenvalue weighted by Crippen LogP contribution is 2.32. The molecule has 1 aromatic heterocycles. The van der Waals surface area contributed by atoms with E-state index < -0.39 is 4.92 Å². The molecule has 27 heavy (non-hydrogen) atoms. The number of carbonyl (C=O) groups excluding carboxylic acids is 1. The van der Waals surface area contributed by atoms with E-state index >= 15 is 0 Å². The number of aromatic nitrogens is 1. The Labute approximate surface area is 158 Å². The van der Waals surface area contributed by atoms with Crippen LogP contribution in [0, 0.1) is 17.0 Å². The summed E-state index contributed by atoms with van der Waals surface area (Å²) in [6.45, 7) is 2.37. The Morgan fingerprint density at radius 2 is 2.15 bits per heavy atom. The van der Waals surface area contributed by atoms with E-state index in [1.165, 1.54) is 29.5 Å². The maximum Gasteiger partial charge on any atom is 0.269 e. The first-order valence-electron chi connectivity index (χ1n) is 8.29. The average molecular weight is 381 g/mol. The minimum Gasteiger partial charge on any atom is -0.493 e. The number of benzene rings is 2. The first kappa shape index (κ1) is 17.2. The van der Waals surface area contributed by atoms with Crippen LogP contribution >= 0.6 is 11.3 Å². The number of hydrogen-bond donors (Lipinski definition) is 1. The number of fused-ring (bicyclic) bond motifs is 1. The second kappa shape index (κ2) is 6.81. The lowest BCUT2D eigenvalue weighted by Crippen LogP contribution is -2.13. The van der Waals surface area contributed by atoms with Crippen molar-refractivity contribution in [1.82, 2.24) is 4.98 Å². The second-order valence-corrected chi connectivity index (χ2v) is 7.03. The monoisotopic (exact) mass is 381 g/mol. The molecule has 1 amide bonds. The van der Waals surface area contributed by atoms with Gasteiger partial charge in [-0.15, -0.1) is 11.3 Å². The van der Waals surface area contributed by atoms with Gasteiger partial charge in [0.2, 0.25) is 0 Å². The van der Waals surface area contributed by atoms with Crippen molar-refractivity contribution in [2.75, 3.05) is 11.9 Å². The molecule has 0 atom stereocenters. The molecule has 8 heteroatoms. The van der Waals surface area contributed by atoms with Crippen molar-refractivity contribution in [3.8, 4) is 17.0 Å². The summed E-state index contributed by atoms with van der Waals surface area (Å²) in [4.78, 5) is 27.3. The quantitative estimate of drug-likeness (QED) is 0.539. The van der Waals surface area contributed by atoms with Crippen LogP contribution in [0.5, 0.6) is 5.75 Å². The van der Waals surface area contributed by atoms with Crippen LogP contribution in [0.4, 0.5) is 10.8 Å². The van der Waals surface area contributed by atoms with E-state index in [9.17, 15) is 14.9 Å². The summed E-state index contributed by atoms with van der Waals surface area (Å²) in [6, 6.07) is 10.1. The number of hydrogen-bond acceptors (Lipinski definition) is 6. The predicted molar refractivity (Wildman–Crippen MR) is 103 cm³/mol. The fourth-order valence-electron chi connectivity index (χ4n) is 2.99. The zero-order chi connectivity index (χ0) is 19.0. The number of thiazole rings is 1. The number of aryl methyl sites for hydroxylation is 1. The topological polar surface area (TPSA) is 94.4 Å². The van der Waals surface area contributed by atoms with Crippen molar-refractivity contribution < 1.29 is 14.5 Å². The van der Waals surface area contributed by atoms with E-state index in [-0.39, 0.29) is 11.6 Å². The van der Waals surface area contributed by atoms with Gasteiger partial charge >= 0.3 is 0 Å². The van der Waals surface area contributed by atoms with E-state index in [1.54, 1.807) is 6.92 Å². The summed E-state index contributed by atoms with van der Waals surface area (Å²) in [5.74, 6) is 0.571. The fourth-order valence-corrected chi connectivity index (χ4v) is 3.70. The van der Waals surface area contributed by atoms with Gasteiger partial charge in [-0.1, -0.05) is 0 Å². The van der Waals surface area contributed by atoms with E-state index in [1.807, 2.05) is 17.5 Å². The average Bonchev–Trinajstić information content (AvgIpc) is 3.29. The van der Waals surface area contributed by atoms with Crippen LogP contribution in [-0.2, 0) is 6.42 Å². The lowest BCUT2D eigenvalue weighted by atomic mass is 10.1. The summed E-state index contributed by atoms with van der Waals surface area (Å²) in [5, 5.41) is 15.9. The lowest BCUT2D eigenvalue weighted by molar-refractivity contribution is -0.384. The van der Waals surface area contributed by atoms with E-state index in [4.69, 9.17) is 4.74 Å². The van der Waals surface area contributed by atoms with E-state index in [0.29, 0.717) is 22.9 Å². The van der Waals surface area contributed by atoms with Crippen molar-refractivity contribution in [2.24, 2.45) is 0 Å². The number of carbonyl (C=O) groups is 1. The Hall–Kier alpha value is -3.26. The number of nitro groups is 1. The summed E-state index contributed by atoms with van der Waals surface area (Å²) >= 11 is 1.33. The highest BCUT2D eigenvalue weighted by atomic mass is 32.1. The molecule has 0 saturated heterocycles. The number of nitrogens with zero attached hydrogens (tertiary/aromatic N) is 2. The van der Waals surface area contributed by atoms with Gasteiger partial charge in [-0.2, -0.15) is 0 Å². The first-order valence-corrected chi connectivity index (χ1v) is 9.17. The van der Waals surface area contributed by atoms with Crippen LogP contribution in [0.3, 0.4) is 0 Å². The minimum absolute atomic E-state index is 0.0406. The fraction of sp³-hybridized carbons (Fsp3) is 0.158. The molecule has 1 N–H and O–H groups in total. The van der Waals surface area contributed by atoms with Crippen molar-refractivity contribution in [3.63, 3.8) is 0 Å². The molecule has 0 spiro atoms. The number of nitro benzene ring substituents is 1. The number of amides is 1. The summed E-state index contributed by atoms with van der Waals surface area (Å²) in [6.07, 6.45) is 0.885. The van der Waals surface area contributed by atoms with Gasteiger partial charge in [0.05, 0.1) is 17.2 Å². The summed E-state index contributed by atoms with van der Waals surface area (Å²) in [5.41, 5.74) is 3.80. The highest BCUT2D eigenvalue weighted by Gasteiger charge is 2.17. The van der Waals surface area contributed by atoms with Gasteiger partial charge in [-0.3, -0.25) is 20.2 Å². The normalized spacial score (nSPS) is 12.3. The molecule has 7 nitrogen and oxygen atoms in total. The molecule has 0 aliphatic carbocycles. The van der Waals surface area contributed by atoms with E-state index in [0.717, 1.165) is 29.0 Å². The maximum absolute atomic E-state index is 12.5. The molecule has 2 heterocycles. The molecule has 0 radical (unpaired) electrons. The van der Waals surface area contributed by atoms with Crippen LogP contribution in [-0.4, -0.2) is 22.4 Å². The molecular weight excluding hydrogens is 366 g/mol. The maximum atomic E-state index is 12.5. The van der Waals surface area contributed by atoms with Gasteiger partial charge in [0.1, 0.15) is 5.75 Å². The predicted octanol–water partition coefficient (Wildman–Crippen LogP) is 4.21. The van der Waals surface area contributed by atoms with Crippen molar-refractivity contribution >= 4 is 28.1 Å². The Morgan fingerprint density at radius 1 is 1.30 bits per heavy atom. The third-order valence-electron chi connectivity index (χ3n) is 4.38. The molecule has 2 aromatic carbocycles. The largest absolute Gasteiger partial charge is 0.493 e. The molecule has 0 saturated carbocycles. The zero-order valence-corrected chi connectivity index (χ0v) is 15.2. The molecule has 3 aromatic rings. The van der Waals surface area contributed by atoms with Gasteiger partial charge in [-0.25, -0.2) is 4.98 Å². The van der Waals surface area contributed by atoms with Gasteiger partial charge in [0, 0.05) is 35.1 Å². The molecule has 1 aliphatic rings. The molecule has 0 bridgehead atoms. The molecule has 0 unspecified atom stereocenters. The number of non-ortho nitro benzene ring substituents is 1. The SMILES string of the molecule is Cc1cc([N+](=O)[O-])ccc1C(=O)Nc1nc(-c2ccc3c(c2)CCO3)cs1. The van der Waals surface area contributed by atoms with Gasteiger partial charge < -0.3 is 4.74 Å². The smallest absolute Gasteiger partial charge is 0.269 e. The van der Waals surface area contributed by atoms with Crippen LogP contribution in [0.15, 0.2) is 41.8 Å². The van der Waals surface area contributed by atoms with Gasteiger partial charge in [0.25, 0.3) is 11.6 Å². The van der Waals surface area contributed by atoms with Crippen LogP contribution in [0.25, 0.3) is 11.3 Å². The highest BCUT2D eigenvalue weighted by molar-refractivity contribution is 7.14. The lowest BCUT2D eigenvalue weighted by Gasteiger charge is -2.05. The number of nitrogens with one attached hydrogen (secondary N) is 1. The number of anilines is 1. The van der Waals surface area contributed by atoms with Crippen LogP contribution in [0.2, 0.25) is 0 Å².